The van der Waals surface area contributed by atoms with Crippen molar-refractivity contribution >= 4 is 55.7 Å². The number of nitrogens with zero attached hydrogens (tertiary/aromatic N) is 2. The summed E-state index contributed by atoms with van der Waals surface area (Å²) < 4.78 is 29.6. The van der Waals surface area contributed by atoms with Gasteiger partial charge in [0.05, 0.1) is 22.1 Å². The Morgan fingerprint density at radius 3 is 2.64 bits per heavy atom. The predicted octanol–water partition coefficient (Wildman–Crippen LogP) is 2.66. The van der Waals surface area contributed by atoms with Crippen LogP contribution in [0.5, 0.6) is 5.75 Å². The van der Waals surface area contributed by atoms with E-state index in [1.54, 1.807) is 28.0 Å². The van der Waals surface area contributed by atoms with Crippen molar-refractivity contribution in [2.24, 2.45) is 4.99 Å². The average Bonchev–Trinajstić information content (AvgIpc) is 2.51. The Morgan fingerprint density at radius 2 is 2.12 bits per heavy atom. The molecule has 1 saturated heterocycles. The first-order valence-corrected chi connectivity index (χ1v) is 10.1. The monoisotopic (exact) mass is 545 g/mol. The van der Waals surface area contributed by atoms with Crippen molar-refractivity contribution in [1.82, 2.24) is 10.2 Å². The van der Waals surface area contributed by atoms with Gasteiger partial charge in [0.15, 0.2) is 15.8 Å². The first-order valence-electron chi connectivity index (χ1n) is 7.70. The summed E-state index contributed by atoms with van der Waals surface area (Å²) in [6.07, 6.45) is 0. The van der Waals surface area contributed by atoms with E-state index in [9.17, 15) is 8.42 Å². The topological polar surface area (TPSA) is 71.0 Å². The number of rotatable bonds is 3. The third kappa shape index (κ3) is 5.22. The van der Waals surface area contributed by atoms with Gasteiger partial charge in [0.2, 0.25) is 0 Å². The first-order chi connectivity index (χ1) is 11.2. The van der Waals surface area contributed by atoms with Crippen LogP contribution in [0.3, 0.4) is 0 Å². The van der Waals surface area contributed by atoms with Crippen LogP contribution in [0.15, 0.2) is 27.7 Å². The van der Waals surface area contributed by atoms with Crippen LogP contribution in [0, 0.1) is 0 Å². The molecule has 1 heterocycles. The van der Waals surface area contributed by atoms with E-state index < -0.39 is 14.6 Å². The Morgan fingerprint density at radius 1 is 1.44 bits per heavy atom. The molecule has 1 aromatic carbocycles. The van der Waals surface area contributed by atoms with Gasteiger partial charge >= 0.3 is 0 Å². The summed E-state index contributed by atoms with van der Waals surface area (Å²) in [6.45, 7) is 5.02. The van der Waals surface area contributed by atoms with Gasteiger partial charge in [-0.25, -0.2) is 8.42 Å². The third-order valence-corrected chi connectivity index (χ3v) is 7.37. The van der Waals surface area contributed by atoms with Gasteiger partial charge in [0, 0.05) is 26.7 Å². The van der Waals surface area contributed by atoms with E-state index in [0.717, 1.165) is 15.8 Å². The zero-order chi connectivity index (χ0) is 18.0. The predicted molar refractivity (Wildman–Crippen MR) is 116 cm³/mol. The molecule has 6 nitrogen and oxygen atoms in total. The van der Waals surface area contributed by atoms with Gasteiger partial charge < -0.3 is 15.0 Å². The van der Waals surface area contributed by atoms with E-state index in [1.165, 1.54) is 0 Å². The third-order valence-electron chi connectivity index (χ3n) is 4.22. The first kappa shape index (κ1) is 22.5. The highest BCUT2D eigenvalue weighted by Gasteiger charge is 2.40. The summed E-state index contributed by atoms with van der Waals surface area (Å²) in [6, 6.07) is 5.87. The minimum atomic E-state index is -3.06. The highest BCUT2D eigenvalue weighted by atomic mass is 127. The normalized spacial score (nSPS) is 19.1. The molecule has 0 amide bonds. The number of nitrogens with one attached hydrogen (secondary N) is 1. The molecule has 1 aliphatic rings. The Balaban J connectivity index is 0.00000312. The van der Waals surface area contributed by atoms with E-state index in [1.807, 2.05) is 23.1 Å². The fraction of sp³-hybridized carbons (Fsp3) is 0.562. The van der Waals surface area contributed by atoms with Crippen molar-refractivity contribution in [1.29, 1.82) is 0 Å². The van der Waals surface area contributed by atoms with Crippen LogP contribution in [0.4, 0.5) is 0 Å². The van der Waals surface area contributed by atoms with Crippen LogP contribution < -0.4 is 10.1 Å². The number of benzene rings is 1. The molecular formula is C16H25BrIN3O3S. The zero-order valence-electron chi connectivity index (χ0n) is 14.9. The van der Waals surface area contributed by atoms with Crippen molar-refractivity contribution in [3.63, 3.8) is 0 Å². The number of ether oxygens (including phenoxy) is 1. The number of hydrogen-bond acceptors (Lipinski definition) is 4. The highest BCUT2D eigenvalue weighted by Crippen LogP contribution is 2.26. The summed E-state index contributed by atoms with van der Waals surface area (Å²) in [7, 11) is 0.281. The van der Waals surface area contributed by atoms with Gasteiger partial charge in [-0.15, -0.1) is 24.0 Å². The number of aliphatic imine (C=N–C) groups is 1. The van der Waals surface area contributed by atoms with Crippen molar-refractivity contribution in [2.45, 2.75) is 25.1 Å². The maximum Gasteiger partial charge on any atom is 0.193 e. The van der Waals surface area contributed by atoms with Crippen LogP contribution >= 0.6 is 39.9 Å². The quantitative estimate of drug-likeness (QED) is 0.359. The molecule has 1 fully saturated rings. The molecule has 1 aromatic rings. The number of sulfone groups is 1. The highest BCUT2D eigenvalue weighted by molar-refractivity contribution is 14.0. The maximum atomic E-state index is 12.1. The summed E-state index contributed by atoms with van der Waals surface area (Å²) in [5.41, 5.74) is 1.08. The summed E-state index contributed by atoms with van der Waals surface area (Å²) in [5, 5.41) is 3.30. The molecule has 0 saturated carbocycles. The van der Waals surface area contributed by atoms with Crippen molar-refractivity contribution in [2.75, 3.05) is 33.0 Å². The summed E-state index contributed by atoms with van der Waals surface area (Å²) >= 11 is 3.48. The molecule has 0 spiro atoms. The van der Waals surface area contributed by atoms with E-state index in [2.05, 4.69) is 26.2 Å². The Labute approximate surface area is 175 Å². The fourth-order valence-electron chi connectivity index (χ4n) is 2.66. The van der Waals surface area contributed by atoms with E-state index >= 15 is 0 Å². The molecule has 0 atom stereocenters. The molecule has 1 N–H and O–H groups in total. The van der Waals surface area contributed by atoms with Gasteiger partial charge in [-0.2, -0.15) is 0 Å². The molecule has 25 heavy (non-hydrogen) atoms. The van der Waals surface area contributed by atoms with Crippen molar-refractivity contribution in [3.05, 3.63) is 28.2 Å². The van der Waals surface area contributed by atoms with Crippen LogP contribution in [0.1, 0.15) is 19.4 Å². The van der Waals surface area contributed by atoms with Crippen LogP contribution in [0.2, 0.25) is 0 Å². The molecule has 0 aromatic heterocycles. The molecule has 9 heteroatoms. The second-order valence-corrected chi connectivity index (χ2v) is 9.97. The minimum Gasteiger partial charge on any atom is -0.496 e. The van der Waals surface area contributed by atoms with E-state index in [-0.39, 0.29) is 29.7 Å². The number of hydrogen-bond donors (Lipinski definition) is 1. The Kier molecular flexibility index (Phi) is 8.00. The van der Waals surface area contributed by atoms with Gasteiger partial charge in [-0.05, 0) is 47.5 Å². The number of methoxy groups -OCH3 is 1. The molecular weight excluding hydrogens is 521 g/mol. The summed E-state index contributed by atoms with van der Waals surface area (Å²) in [4.78, 5) is 6.30. The Hall–Kier alpha value is -0.550. The lowest BCUT2D eigenvalue weighted by Gasteiger charge is -2.39. The SMILES string of the molecule is CN=C(NCc1ccc(OC)c(Br)c1)N1CCS(=O)(=O)C(C)(C)C1.I. The average molecular weight is 546 g/mol. The molecule has 1 aliphatic heterocycles. The largest absolute Gasteiger partial charge is 0.496 e. The smallest absolute Gasteiger partial charge is 0.193 e. The van der Waals surface area contributed by atoms with Crippen LogP contribution in [-0.2, 0) is 16.4 Å². The lowest BCUT2D eigenvalue weighted by molar-refractivity contribution is 0.353. The van der Waals surface area contributed by atoms with Crippen LogP contribution in [-0.4, -0.2) is 57.0 Å². The molecule has 0 aliphatic carbocycles. The van der Waals surface area contributed by atoms with Gasteiger partial charge in [0.25, 0.3) is 0 Å². The second kappa shape index (κ2) is 8.90. The minimum absolute atomic E-state index is 0. The molecule has 2 rings (SSSR count). The van der Waals surface area contributed by atoms with E-state index in [4.69, 9.17) is 4.74 Å². The molecule has 0 unspecified atom stereocenters. The van der Waals surface area contributed by atoms with Crippen LogP contribution in [0.25, 0.3) is 0 Å². The van der Waals surface area contributed by atoms with Gasteiger partial charge in [-0.3, -0.25) is 4.99 Å². The second-order valence-electron chi connectivity index (χ2n) is 6.37. The lowest BCUT2D eigenvalue weighted by atomic mass is 10.2. The van der Waals surface area contributed by atoms with Gasteiger partial charge in [-0.1, -0.05) is 6.07 Å². The number of halogens is 2. The molecule has 0 radical (unpaired) electrons. The summed E-state index contributed by atoms with van der Waals surface area (Å²) in [5.74, 6) is 1.64. The van der Waals surface area contributed by atoms with Crippen molar-refractivity contribution < 1.29 is 13.2 Å². The Bertz CT molecular complexity index is 738. The molecule has 142 valence electrons. The lowest BCUT2D eigenvalue weighted by Crippen LogP contribution is -2.57. The van der Waals surface area contributed by atoms with Gasteiger partial charge in [0.1, 0.15) is 5.75 Å². The van der Waals surface area contributed by atoms with Crippen molar-refractivity contribution in [3.8, 4) is 5.75 Å². The van der Waals surface area contributed by atoms with E-state index in [0.29, 0.717) is 25.6 Å². The maximum absolute atomic E-state index is 12.1. The number of guanidine groups is 1. The zero-order valence-corrected chi connectivity index (χ0v) is 19.6. The molecule has 0 bridgehead atoms. The standard InChI is InChI=1S/C16H24BrN3O3S.HI/c1-16(2)11-20(7-8-24(16,21)22)15(18-3)19-10-12-5-6-14(23-4)13(17)9-12;/h5-6,9H,7-8,10-11H2,1-4H3,(H,18,19);1H. The fourth-order valence-corrected chi connectivity index (χ4v) is 4.61.